The molecule has 1 saturated heterocycles. The van der Waals surface area contributed by atoms with Crippen molar-refractivity contribution in [2.45, 2.75) is 30.2 Å². The van der Waals surface area contributed by atoms with Crippen LogP contribution in [-0.4, -0.2) is 38.4 Å². The molecular formula is C14H17FN2O3S. The van der Waals surface area contributed by atoms with Crippen molar-refractivity contribution < 1.29 is 17.6 Å². The van der Waals surface area contributed by atoms with Crippen molar-refractivity contribution in [3.05, 3.63) is 30.1 Å². The second kappa shape index (κ2) is 5.38. The zero-order valence-corrected chi connectivity index (χ0v) is 12.3. The van der Waals surface area contributed by atoms with Crippen LogP contribution in [0.1, 0.15) is 19.3 Å². The summed E-state index contributed by atoms with van der Waals surface area (Å²) in [7, 11) is -3.65. The molecule has 1 saturated carbocycles. The normalized spacial score (nSPS) is 22.8. The highest BCUT2D eigenvalue weighted by atomic mass is 32.2. The summed E-state index contributed by atoms with van der Waals surface area (Å²) in [4.78, 5) is 13.7. The second-order valence-corrected chi connectivity index (χ2v) is 7.42. The van der Waals surface area contributed by atoms with Crippen molar-refractivity contribution in [3.63, 3.8) is 0 Å². The van der Waals surface area contributed by atoms with E-state index in [0.717, 1.165) is 25.0 Å². The van der Waals surface area contributed by atoms with Crippen molar-refractivity contribution in [2.24, 2.45) is 5.92 Å². The van der Waals surface area contributed by atoms with Gasteiger partial charge in [0.2, 0.25) is 15.9 Å². The summed E-state index contributed by atoms with van der Waals surface area (Å²) >= 11 is 0. The lowest BCUT2D eigenvalue weighted by atomic mass is 10.1. The van der Waals surface area contributed by atoms with Crippen LogP contribution in [0.3, 0.4) is 0 Å². The molecule has 1 heterocycles. The largest absolute Gasteiger partial charge is 0.339 e. The number of benzene rings is 1. The van der Waals surface area contributed by atoms with Gasteiger partial charge in [-0.25, -0.2) is 17.5 Å². The Balaban J connectivity index is 1.59. The van der Waals surface area contributed by atoms with Crippen molar-refractivity contribution in [2.75, 3.05) is 13.1 Å². The first-order valence-electron chi connectivity index (χ1n) is 7.00. The van der Waals surface area contributed by atoms with Crippen LogP contribution in [0.15, 0.2) is 29.2 Å². The van der Waals surface area contributed by atoms with E-state index in [4.69, 9.17) is 0 Å². The molecule has 1 aliphatic carbocycles. The minimum absolute atomic E-state index is 0.00771. The van der Waals surface area contributed by atoms with E-state index in [9.17, 15) is 17.6 Å². The van der Waals surface area contributed by atoms with Crippen LogP contribution in [-0.2, 0) is 14.8 Å². The Morgan fingerprint density at radius 1 is 1.24 bits per heavy atom. The number of nitrogens with one attached hydrogen (secondary N) is 1. The highest BCUT2D eigenvalue weighted by molar-refractivity contribution is 7.89. The standard InChI is InChI=1S/C14H17FN2O3S/c15-11-1-5-13(6-2-11)21(19,20)16-8-10-7-14(18)17(9-10)12-3-4-12/h1-2,5-6,10,12,16H,3-4,7-9H2. The number of carbonyl (C=O) groups is 1. The van der Waals surface area contributed by atoms with Gasteiger partial charge >= 0.3 is 0 Å². The van der Waals surface area contributed by atoms with E-state index in [-0.39, 0.29) is 23.3 Å². The maximum Gasteiger partial charge on any atom is 0.240 e. The molecule has 1 amide bonds. The predicted octanol–water partition coefficient (Wildman–Crippen LogP) is 1.11. The highest BCUT2D eigenvalue weighted by Gasteiger charge is 2.39. The molecule has 3 rings (SSSR count). The zero-order chi connectivity index (χ0) is 15.0. The van der Waals surface area contributed by atoms with E-state index in [0.29, 0.717) is 19.0 Å². The van der Waals surface area contributed by atoms with Crippen LogP contribution in [0.25, 0.3) is 0 Å². The third-order valence-electron chi connectivity index (χ3n) is 3.91. The molecule has 0 bridgehead atoms. The number of rotatable bonds is 5. The van der Waals surface area contributed by atoms with Crippen molar-refractivity contribution >= 4 is 15.9 Å². The minimum Gasteiger partial charge on any atom is -0.339 e. The summed E-state index contributed by atoms with van der Waals surface area (Å²) < 4.78 is 39.5. The van der Waals surface area contributed by atoms with Crippen molar-refractivity contribution in [3.8, 4) is 0 Å². The number of carbonyl (C=O) groups excluding carboxylic acids is 1. The maximum absolute atomic E-state index is 12.8. The summed E-state index contributed by atoms with van der Waals surface area (Å²) in [5.41, 5.74) is 0. The molecule has 1 unspecified atom stereocenters. The average molecular weight is 312 g/mol. The molecule has 0 radical (unpaired) electrons. The molecule has 1 aromatic rings. The smallest absolute Gasteiger partial charge is 0.240 e. The topological polar surface area (TPSA) is 66.5 Å². The highest BCUT2D eigenvalue weighted by Crippen LogP contribution is 2.32. The van der Waals surface area contributed by atoms with Crippen LogP contribution >= 0.6 is 0 Å². The third-order valence-corrected chi connectivity index (χ3v) is 5.35. The Hall–Kier alpha value is -1.47. The van der Waals surface area contributed by atoms with Gasteiger partial charge in [-0.3, -0.25) is 4.79 Å². The lowest BCUT2D eigenvalue weighted by Crippen LogP contribution is -2.32. The first-order valence-corrected chi connectivity index (χ1v) is 8.49. The first-order chi connectivity index (χ1) is 9.95. The van der Waals surface area contributed by atoms with Crippen molar-refractivity contribution in [1.29, 1.82) is 0 Å². The van der Waals surface area contributed by atoms with E-state index in [2.05, 4.69) is 4.72 Å². The number of nitrogens with zero attached hydrogens (tertiary/aromatic N) is 1. The summed E-state index contributed by atoms with van der Waals surface area (Å²) in [5.74, 6) is -0.354. The fourth-order valence-electron chi connectivity index (χ4n) is 2.61. The molecule has 1 atom stereocenters. The Labute approximate surface area is 123 Å². The Morgan fingerprint density at radius 2 is 1.90 bits per heavy atom. The van der Waals surface area contributed by atoms with Gasteiger partial charge in [0.05, 0.1) is 4.90 Å². The van der Waals surface area contributed by atoms with Crippen LogP contribution in [0.5, 0.6) is 0 Å². The Kier molecular flexibility index (Phi) is 3.71. The number of sulfonamides is 1. The van der Waals surface area contributed by atoms with E-state index in [1.807, 2.05) is 4.90 Å². The lowest BCUT2D eigenvalue weighted by molar-refractivity contribution is -0.128. The molecule has 2 aliphatic rings. The lowest BCUT2D eigenvalue weighted by Gasteiger charge is -2.15. The summed E-state index contributed by atoms with van der Waals surface area (Å²) in [6.45, 7) is 0.851. The monoisotopic (exact) mass is 312 g/mol. The Bertz CT molecular complexity index is 641. The number of hydrogen-bond acceptors (Lipinski definition) is 3. The van der Waals surface area contributed by atoms with Crippen molar-refractivity contribution in [1.82, 2.24) is 9.62 Å². The van der Waals surface area contributed by atoms with Crippen LogP contribution in [0.4, 0.5) is 4.39 Å². The predicted molar refractivity (Wildman–Crippen MR) is 74.4 cm³/mol. The molecule has 7 heteroatoms. The molecule has 21 heavy (non-hydrogen) atoms. The van der Waals surface area contributed by atoms with E-state index in [1.54, 1.807) is 0 Å². The van der Waals surface area contributed by atoms with Gasteiger partial charge in [0.15, 0.2) is 0 Å². The molecule has 114 valence electrons. The number of likely N-dealkylation sites (tertiary alicyclic amines) is 1. The van der Waals surface area contributed by atoms with Gasteiger partial charge in [-0.05, 0) is 43.0 Å². The van der Waals surface area contributed by atoms with Gasteiger partial charge < -0.3 is 4.90 Å². The molecular weight excluding hydrogens is 295 g/mol. The quantitative estimate of drug-likeness (QED) is 0.886. The van der Waals surface area contributed by atoms with Gasteiger partial charge in [0, 0.05) is 25.6 Å². The van der Waals surface area contributed by atoms with Gasteiger partial charge in [-0.1, -0.05) is 0 Å². The second-order valence-electron chi connectivity index (χ2n) is 5.65. The minimum atomic E-state index is -3.65. The van der Waals surface area contributed by atoms with E-state index < -0.39 is 15.8 Å². The van der Waals surface area contributed by atoms with Crippen LogP contribution in [0, 0.1) is 11.7 Å². The first kappa shape index (κ1) is 14.5. The molecule has 0 aromatic heterocycles. The SMILES string of the molecule is O=C1CC(CNS(=O)(=O)c2ccc(F)cc2)CN1C1CC1. The molecule has 0 spiro atoms. The summed E-state index contributed by atoms with van der Waals surface area (Å²) in [5, 5.41) is 0. The number of hydrogen-bond donors (Lipinski definition) is 1. The van der Waals surface area contributed by atoms with Gasteiger partial charge in [-0.15, -0.1) is 0 Å². The van der Waals surface area contributed by atoms with Gasteiger partial charge in [0.25, 0.3) is 0 Å². The van der Waals surface area contributed by atoms with Gasteiger partial charge in [0.1, 0.15) is 5.82 Å². The summed E-state index contributed by atoms with van der Waals surface area (Å²) in [6.07, 6.45) is 2.50. The van der Waals surface area contributed by atoms with E-state index >= 15 is 0 Å². The number of amides is 1. The fourth-order valence-corrected chi connectivity index (χ4v) is 3.73. The van der Waals surface area contributed by atoms with E-state index in [1.165, 1.54) is 12.1 Å². The maximum atomic E-state index is 12.8. The molecule has 2 fully saturated rings. The third kappa shape index (κ3) is 3.24. The Morgan fingerprint density at radius 3 is 2.52 bits per heavy atom. The molecule has 1 aliphatic heterocycles. The van der Waals surface area contributed by atoms with Crippen LogP contribution < -0.4 is 4.72 Å². The molecule has 5 nitrogen and oxygen atoms in total. The van der Waals surface area contributed by atoms with Crippen LogP contribution in [0.2, 0.25) is 0 Å². The van der Waals surface area contributed by atoms with Gasteiger partial charge in [-0.2, -0.15) is 0 Å². The molecule has 1 N–H and O–H groups in total. The zero-order valence-electron chi connectivity index (χ0n) is 11.5. The average Bonchev–Trinajstić information content (AvgIpc) is 3.21. The molecule has 1 aromatic carbocycles. The fraction of sp³-hybridized carbons (Fsp3) is 0.500. The summed E-state index contributed by atoms with van der Waals surface area (Å²) in [6, 6.07) is 5.06. The number of halogens is 1.